The van der Waals surface area contributed by atoms with Crippen LogP contribution in [0.2, 0.25) is 0 Å². The van der Waals surface area contributed by atoms with Gasteiger partial charge >= 0.3 is 5.97 Å². The minimum Gasteiger partial charge on any atom is -0.455 e. The smallest absolute Gasteiger partial charge is 0.313 e. The molecule has 154 valence electrons. The van der Waals surface area contributed by atoms with E-state index < -0.39 is 11.4 Å². The van der Waals surface area contributed by atoms with Crippen LogP contribution in [-0.2, 0) is 19.1 Å². The number of rotatable bonds is 6. The monoisotopic (exact) mass is 388 g/mol. The lowest BCUT2D eigenvalue weighted by Crippen LogP contribution is -2.44. The highest BCUT2D eigenvalue weighted by Crippen LogP contribution is 2.42. The van der Waals surface area contributed by atoms with Crippen LogP contribution in [0.25, 0.3) is 0 Å². The molecule has 28 heavy (non-hydrogen) atoms. The Balaban J connectivity index is 1.95. The third-order valence-corrected chi connectivity index (χ3v) is 5.01. The molecule has 2 rings (SSSR count). The van der Waals surface area contributed by atoms with E-state index in [1.807, 2.05) is 52.8 Å². The van der Waals surface area contributed by atoms with Gasteiger partial charge in [0.25, 0.3) is 5.91 Å². The predicted octanol–water partition coefficient (Wildman–Crippen LogP) is 3.65. The first-order valence-electron chi connectivity index (χ1n) is 9.86. The van der Waals surface area contributed by atoms with Crippen molar-refractivity contribution < 1.29 is 19.1 Å². The van der Waals surface area contributed by atoms with Gasteiger partial charge in [0.15, 0.2) is 6.61 Å². The molecule has 0 saturated heterocycles. The van der Waals surface area contributed by atoms with E-state index in [1.165, 1.54) is 0 Å². The first-order valence-corrected chi connectivity index (χ1v) is 9.86. The maximum atomic E-state index is 12.8. The van der Waals surface area contributed by atoms with Crippen molar-refractivity contribution >= 4 is 23.5 Å². The van der Waals surface area contributed by atoms with Crippen LogP contribution in [0.4, 0.5) is 5.69 Å². The summed E-state index contributed by atoms with van der Waals surface area (Å²) in [4.78, 5) is 37.4. The van der Waals surface area contributed by atoms with Crippen molar-refractivity contribution in [3.8, 4) is 0 Å². The van der Waals surface area contributed by atoms with Crippen molar-refractivity contribution in [1.29, 1.82) is 0 Å². The van der Waals surface area contributed by atoms with Crippen LogP contribution in [0.1, 0.15) is 64.0 Å². The highest BCUT2D eigenvalue weighted by atomic mass is 16.5. The second-order valence-electron chi connectivity index (χ2n) is 8.91. The van der Waals surface area contributed by atoms with Crippen molar-refractivity contribution in [2.75, 3.05) is 11.9 Å². The Morgan fingerprint density at radius 2 is 1.71 bits per heavy atom. The molecule has 0 heterocycles. The molecule has 0 radical (unpaired) electrons. The van der Waals surface area contributed by atoms with Crippen LogP contribution in [0.5, 0.6) is 0 Å². The van der Waals surface area contributed by atoms with Gasteiger partial charge in [0.05, 0.1) is 5.41 Å². The molecule has 1 aromatic rings. The Morgan fingerprint density at radius 1 is 1.07 bits per heavy atom. The molecule has 0 unspecified atom stereocenters. The lowest BCUT2D eigenvalue weighted by Gasteiger charge is -2.28. The van der Waals surface area contributed by atoms with Crippen LogP contribution < -0.4 is 10.6 Å². The van der Waals surface area contributed by atoms with Crippen molar-refractivity contribution in [2.24, 2.45) is 5.41 Å². The van der Waals surface area contributed by atoms with Gasteiger partial charge < -0.3 is 15.4 Å². The summed E-state index contributed by atoms with van der Waals surface area (Å²) in [7, 11) is 0. The third kappa shape index (κ3) is 6.08. The number of carbonyl (C=O) groups excluding carboxylic acids is 3. The highest BCUT2D eigenvalue weighted by Gasteiger charge is 2.44. The normalized spacial score (nSPS) is 15.8. The fourth-order valence-corrected chi connectivity index (χ4v) is 3.62. The molecule has 0 bridgehead atoms. The summed E-state index contributed by atoms with van der Waals surface area (Å²) < 4.78 is 5.33. The van der Waals surface area contributed by atoms with E-state index in [9.17, 15) is 14.4 Å². The van der Waals surface area contributed by atoms with Gasteiger partial charge in [-0.05, 0) is 64.7 Å². The lowest BCUT2D eigenvalue weighted by molar-refractivity contribution is -0.160. The molecule has 1 aliphatic rings. The summed E-state index contributed by atoms with van der Waals surface area (Å²) in [6.45, 7) is 9.21. The van der Waals surface area contributed by atoms with Crippen molar-refractivity contribution in [2.45, 2.75) is 72.3 Å². The topological polar surface area (TPSA) is 84.5 Å². The zero-order valence-electron chi connectivity index (χ0n) is 17.6. The van der Waals surface area contributed by atoms with Crippen LogP contribution in [0, 0.1) is 19.3 Å². The Bertz CT molecular complexity index is 743. The molecular formula is C22H32N2O4. The summed E-state index contributed by atoms with van der Waals surface area (Å²) in [5.41, 5.74) is 1.51. The molecule has 6 heteroatoms. The fourth-order valence-electron chi connectivity index (χ4n) is 3.62. The fraction of sp³-hybridized carbons (Fsp3) is 0.591. The first-order chi connectivity index (χ1) is 13.0. The number of esters is 1. The maximum absolute atomic E-state index is 12.8. The van der Waals surface area contributed by atoms with E-state index in [-0.39, 0.29) is 30.4 Å². The molecule has 1 saturated carbocycles. The van der Waals surface area contributed by atoms with Gasteiger partial charge in [-0.1, -0.05) is 25.0 Å². The zero-order valence-corrected chi connectivity index (χ0v) is 17.6. The number of amides is 2. The second kappa shape index (κ2) is 8.76. The van der Waals surface area contributed by atoms with Crippen LogP contribution in [0.15, 0.2) is 18.2 Å². The van der Waals surface area contributed by atoms with E-state index in [4.69, 9.17) is 4.74 Å². The molecular weight excluding hydrogens is 356 g/mol. The summed E-state index contributed by atoms with van der Waals surface area (Å²) in [6.07, 6.45) is 3.09. The first kappa shape index (κ1) is 21.9. The van der Waals surface area contributed by atoms with Gasteiger partial charge in [-0.15, -0.1) is 0 Å². The average molecular weight is 389 g/mol. The molecule has 1 aromatic carbocycles. The van der Waals surface area contributed by atoms with Gasteiger partial charge in [-0.3, -0.25) is 14.4 Å². The number of nitrogens with one attached hydrogen (secondary N) is 2. The summed E-state index contributed by atoms with van der Waals surface area (Å²) >= 11 is 0. The van der Waals surface area contributed by atoms with E-state index >= 15 is 0 Å². The molecule has 2 amide bonds. The number of anilines is 1. The molecule has 0 aliphatic heterocycles. The minimum atomic E-state index is -0.825. The number of carbonyl (C=O) groups is 3. The molecule has 1 fully saturated rings. The number of benzene rings is 1. The highest BCUT2D eigenvalue weighted by molar-refractivity contribution is 5.94. The predicted molar refractivity (Wildman–Crippen MR) is 109 cm³/mol. The van der Waals surface area contributed by atoms with Crippen LogP contribution in [0.3, 0.4) is 0 Å². The number of hydrogen-bond donors (Lipinski definition) is 2. The Morgan fingerprint density at radius 3 is 2.32 bits per heavy atom. The lowest BCUT2D eigenvalue weighted by atomic mass is 9.82. The van der Waals surface area contributed by atoms with Crippen LogP contribution >= 0.6 is 0 Å². The summed E-state index contributed by atoms with van der Waals surface area (Å²) in [5.74, 6) is -0.995. The Labute approximate surface area is 167 Å². The van der Waals surface area contributed by atoms with Crippen molar-refractivity contribution in [1.82, 2.24) is 5.32 Å². The third-order valence-electron chi connectivity index (χ3n) is 5.01. The molecule has 0 aromatic heterocycles. The Kier molecular flexibility index (Phi) is 6.86. The van der Waals surface area contributed by atoms with Gasteiger partial charge in [0.2, 0.25) is 5.91 Å². The summed E-state index contributed by atoms with van der Waals surface area (Å²) in [6, 6.07) is 5.78. The van der Waals surface area contributed by atoms with Gasteiger partial charge in [0, 0.05) is 17.6 Å². The van der Waals surface area contributed by atoms with E-state index in [2.05, 4.69) is 10.6 Å². The SMILES string of the molecule is Cc1ccc(C)c(NC(=O)COC(=O)C2(CC(=O)NC(C)(C)C)CCCC2)c1. The van der Waals surface area contributed by atoms with Crippen LogP contribution in [-0.4, -0.2) is 29.9 Å². The number of hydrogen-bond acceptors (Lipinski definition) is 4. The van der Waals surface area contributed by atoms with Crippen molar-refractivity contribution in [3.05, 3.63) is 29.3 Å². The standard InChI is InChI=1S/C22H32N2O4/c1-15-8-9-16(2)17(12-15)23-19(26)14-28-20(27)22(10-6-7-11-22)13-18(25)24-21(3,4)5/h8-9,12H,6-7,10-11,13-14H2,1-5H3,(H,23,26)(H,24,25). The Hall–Kier alpha value is -2.37. The van der Waals surface area contributed by atoms with Crippen molar-refractivity contribution in [3.63, 3.8) is 0 Å². The molecule has 6 nitrogen and oxygen atoms in total. The quantitative estimate of drug-likeness (QED) is 0.729. The van der Waals surface area contributed by atoms with Gasteiger partial charge in [0.1, 0.15) is 0 Å². The number of aryl methyl sites for hydroxylation is 2. The van der Waals surface area contributed by atoms with E-state index in [1.54, 1.807) is 0 Å². The second-order valence-corrected chi connectivity index (χ2v) is 8.91. The maximum Gasteiger partial charge on any atom is 0.313 e. The molecule has 0 spiro atoms. The van der Waals surface area contributed by atoms with Gasteiger partial charge in [-0.25, -0.2) is 0 Å². The van der Waals surface area contributed by atoms with Gasteiger partial charge in [-0.2, -0.15) is 0 Å². The summed E-state index contributed by atoms with van der Waals surface area (Å²) in [5, 5.41) is 5.69. The largest absolute Gasteiger partial charge is 0.455 e. The average Bonchev–Trinajstić information content (AvgIpc) is 3.03. The van der Waals surface area contributed by atoms with E-state index in [0.29, 0.717) is 18.5 Å². The molecule has 0 atom stereocenters. The molecule has 1 aliphatic carbocycles. The molecule has 2 N–H and O–H groups in total. The number of ether oxygens (including phenoxy) is 1. The zero-order chi connectivity index (χ0) is 20.9. The van der Waals surface area contributed by atoms with E-state index in [0.717, 1.165) is 24.0 Å². The minimum absolute atomic E-state index is 0.0989.